The van der Waals surface area contributed by atoms with E-state index in [0.29, 0.717) is 41.6 Å². The van der Waals surface area contributed by atoms with Crippen LogP contribution in [0.15, 0.2) is 34.6 Å². The highest BCUT2D eigenvalue weighted by Gasteiger charge is 2.27. The fourth-order valence-corrected chi connectivity index (χ4v) is 3.68. The van der Waals surface area contributed by atoms with Crippen LogP contribution in [0.25, 0.3) is 0 Å². The second-order valence-corrected chi connectivity index (χ2v) is 9.31. The number of nitrogens with zero attached hydrogens (tertiary/aromatic N) is 6. The van der Waals surface area contributed by atoms with E-state index in [2.05, 4.69) is 61.4 Å². The molecule has 0 aliphatic carbocycles. The Labute approximate surface area is 205 Å². The summed E-state index contributed by atoms with van der Waals surface area (Å²) in [6, 6.07) is 6.14. The van der Waals surface area contributed by atoms with Gasteiger partial charge in [0, 0.05) is 36.8 Å². The Hall–Kier alpha value is -2.95. The smallest absolute Gasteiger partial charge is 0.191 e. The minimum absolute atomic E-state index is 0.309. The molecule has 0 saturated carbocycles. The molecule has 2 N–H and O–H groups in total. The molecule has 0 aliphatic heterocycles. The number of anilines is 2. The SMILES string of the molecule is C=C(C)Nc1cc(N(CC)CC)c(OC)cc1/N=N/c1c(C#N)c(C(C)(C)C)nn1CCNP. The van der Waals surface area contributed by atoms with E-state index < -0.39 is 0 Å². The predicted molar refractivity (Wildman–Crippen MR) is 143 cm³/mol. The van der Waals surface area contributed by atoms with E-state index in [1.165, 1.54) is 0 Å². The van der Waals surface area contributed by atoms with E-state index in [1.807, 2.05) is 39.8 Å². The van der Waals surface area contributed by atoms with Crippen LogP contribution in [0, 0.1) is 11.3 Å². The van der Waals surface area contributed by atoms with Crippen LogP contribution in [0.4, 0.5) is 22.9 Å². The molecule has 1 atom stereocenters. The first-order chi connectivity index (χ1) is 16.1. The van der Waals surface area contributed by atoms with E-state index in [4.69, 9.17) is 9.84 Å². The summed E-state index contributed by atoms with van der Waals surface area (Å²) in [6.07, 6.45) is 0. The topological polar surface area (TPSA) is 103 Å². The molecule has 2 aromatic rings. The lowest BCUT2D eigenvalue weighted by atomic mass is 9.90. The number of hydrogen-bond donors (Lipinski definition) is 2. The van der Waals surface area contributed by atoms with E-state index in [9.17, 15) is 5.26 Å². The van der Waals surface area contributed by atoms with Crippen molar-refractivity contribution in [2.24, 2.45) is 10.2 Å². The van der Waals surface area contributed by atoms with Gasteiger partial charge in [-0.2, -0.15) is 10.4 Å². The van der Waals surface area contributed by atoms with Gasteiger partial charge >= 0.3 is 0 Å². The first-order valence-electron chi connectivity index (χ1n) is 11.4. The lowest BCUT2D eigenvalue weighted by Gasteiger charge is -2.25. The van der Waals surface area contributed by atoms with Gasteiger partial charge in [-0.3, -0.25) is 5.09 Å². The Bertz CT molecular complexity index is 1070. The number of methoxy groups -OCH3 is 1. The number of azo groups is 1. The third kappa shape index (κ3) is 6.34. The molecule has 2 rings (SSSR count). The van der Waals surface area contributed by atoms with Crippen molar-refractivity contribution in [3.8, 4) is 11.8 Å². The summed E-state index contributed by atoms with van der Waals surface area (Å²) in [5.74, 6) is 1.13. The molecule has 10 heteroatoms. The summed E-state index contributed by atoms with van der Waals surface area (Å²) in [6.45, 7) is 19.0. The number of benzene rings is 1. The van der Waals surface area contributed by atoms with E-state index in [0.717, 1.165) is 30.2 Å². The summed E-state index contributed by atoms with van der Waals surface area (Å²) in [4.78, 5) is 2.21. The molecule has 0 fully saturated rings. The largest absolute Gasteiger partial charge is 0.494 e. The fourth-order valence-electron chi connectivity index (χ4n) is 3.56. The van der Waals surface area contributed by atoms with Gasteiger partial charge in [0.15, 0.2) is 5.82 Å². The normalized spacial score (nSPS) is 11.5. The summed E-state index contributed by atoms with van der Waals surface area (Å²) < 4.78 is 7.41. The molecule has 0 bridgehead atoms. The zero-order valence-corrected chi connectivity index (χ0v) is 22.5. The standard InChI is InChI=1S/C24H37N8OP/c1-9-31(10-2)20-13-18(27-16(3)4)19(14-21(20)33-8)28-29-23-17(15-25)22(24(5,6)7)30-32(23)12-11-26-34/h13-14,26-27H,3,9-12,34H2,1-2,4-8H3/b29-28+. The van der Waals surface area contributed by atoms with Crippen LogP contribution in [0.2, 0.25) is 0 Å². The minimum atomic E-state index is -0.309. The summed E-state index contributed by atoms with van der Waals surface area (Å²) in [5, 5.41) is 30.0. The molecule has 0 radical (unpaired) electrons. The number of hydrogen-bond acceptors (Lipinski definition) is 8. The van der Waals surface area contributed by atoms with Crippen molar-refractivity contribution < 1.29 is 4.74 Å². The van der Waals surface area contributed by atoms with Crippen molar-refractivity contribution in [1.82, 2.24) is 14.9 Å². The molecule has 184 valence electrons. The first kappa shape index (κ1) is 27.3. The Balaban J connectivity index is 2.68. The average Bonchev–Trinajstić information content (AvgIpc) is 3.15. The molecule has 34 heavy (non-hydrogen) atoms. The molecule has 1 heterocycles. The third-order valence-corrected chi connectivity index (χ3v) is 5.51. The Morgan fingerprint density at radius 1 is 1.29 bits per heavy atom. The van der Waals surface area contributed by atoms with Crippen molar-refractivity contribution in [3.05, 3.63) is 35.7 Å². The highest BCUT2D eigenvalue weighted by Crippen LogP contribution is 2.40. The highest BCUT2D eigenvalue weighted by molar-refractivity contribution is 7.13. The average molecular weight is 485 g/mol. The molecule has 0 aliphatic rings. The van der Waals surface area contributed by atoms with Gasteiger partial charge in [0.2, 0.25) is 0 Å². The molecule has 0 saturated heterocycles. The maximum atomic E-state index is 9.93. The zero-order chi connectivity index (χ0) is 25.5. The number of nitrogens with one attached hydrogen (secondary N) is 2. The van der Waals surface area contributed by atoms with E-state index >= 15 is 0 Å². The van der Waals surface area contributed by atoms with Crippen molar-refractivity contribution in [1.29, 1.82) is 5.26 Å². The molecule has 0 spiro atoms. The maximum Gasteiger partial charge on any atom is 0.191 e. The van der Waals surface area contributed by atoms with Crippen molar-refractivity contribution in [2.45, 2.75) is 53.5 Å². The summed E-state index contributed by atoms with van der Waals surface area (Å²) >= 11 is 0. The van der Waals surface area contributed by atoms with Gasteiger partial charge in [0.25, 0.3) is 0 Å². The van der Waals surface area contributed by atoms with Crippen LogP contribution in [0.3, 0.4) is 0 Å². The second-order valence-electron chi connectivity index (χ2n) is 8.91. The van der Waals surface area contributed by atoms with Gasteiger partial charge in [-0.1, -0.05) is 36.7 Å². The number of allylic oxidation sites excluding steroid dienone is 1. The van der Waals surface area contributed by atoms with Crippen LogP contribution in [0.5, 0.6) is 5.75 Å². The van der Waals surface area contributed by atoms with Crippen molar-refractivity contribution >= 4 is 32.3 Å². The highest BCUT2D eigenvalue weighted by atomic mass is 31.0. The molecule has 1 unspecified atom stereocenters. The van der Waals surface area contributed by atoms with Gasteiger partial charge in [0.05, 0.1) is 30.7 Å². The Morgan fingerprint density at radius 2 is 1.97 bits per heavy atom. The van der Waals surface area contributed by atoms with Gasteiger partial charge in [0.1, 0.15) is 23.1 Å². The number of ether oxygens (including phenoxy) is 1. The van der Waals surface area contributed by atoms with Crippen LogP contribution in [0.1, 0.15) is 52.8 Å². The van der Waals surface area contributed by atoms with Crippen LogP contribution >= 0.6 is 9.39 Å². The first-order valence-corrected chi connectivity index (χ1v) is 11.9. The molecule has 1 aromatic heterocycles. The summed E-state index contributed by atoms with van der Waals surface area (Å²) in [5.41, 5.74) is 3.88. The number of rotatable bonds is 11. The van der Waals surface area contributed by atoms with Crippen molar-refractivity contribution in [2.75, 3.05) is 37.0 Å². The Morgan fingerprint density at radius 3 is 2.47 bits per heavy atom. The zero-order valence-electron chi connectivity index (χ0n) is 21.4. The lowest BCUT2D eigenvalue weighted by Crippen LogP contribution is -2.22. The number of aromatic nitrogens is 2. The molecule has 1 aromatic carbocycles. The van der Waals surface area contributed by atoms with Gasteiger partial charge in [-0.15, -0.1) is 10.2 Å². The van der Waals surface area contributed by atoms with Crippen LogP contribution in [-0.4, -0.2) is 36.5 Å². The number of nitriles is 1. The van der Waals surface area contributed by atoms with E-state index in [-0.39, 0.29) is 5.41 Å². The molecule has 9 nitrogen and oxygen atoms in total. The second kappa shape index (κ2) is 12.0. The molecule has 0 amide bonds. The molecular formula is C24H37N8OP. The van der Waals surface area contributed by atoms with Gasteiger partial charge < -0.3 is 15.0 Å². The summed E-state index contributed by atoms with van der Waals surface area (Å²) in [7, 11) is 4.12. The lowest BCUT2D eigenvalue weighted by molar-refractivity contribution is 0.414. The van der Waals surface area contributed by atoms with Gasteiger partial charge in [-0.25, -0.2) is 4.68 Å². The monoisotopic (exact) mass is 484 g/mol. The van der Waals surface area contributed by atoms with Gasteiger partial charge in [-0.05, 0) is 26.8 Å². The van der Waals surface area contributed by atoms with Crippen LogP contribution in [-0.2, 0) is 12.0 Å². The maximum absolute atomic E-state index is 9.93. The molecular weight excluding hydrogens is 447 g/mol. The Kier molecular flexibility index (Phi) is 9.60. The predicted octanol–water partition coefficient (Wildman–Crippen LogP) is 5.65. The fraction of sp³-hybridized carbons (Fsp3) is 0.500. The van der Waals surface area contributed by atoms with Crippen LogP contribution < -0.4 is 20.0 Å². The quantitative estimate of drug-likeness (QED) is 0.316. The third-order valence-electron chi connectivity index (χ3n) is 5.22. The van der Waals surface area contributed by atoms with Crippen molar-refractivity contribution in [3.63, 3.8) is 0 Å². The minimum Gasteiger partial charge on any atom is -0.494 e. The van der Waals surface area contributed by atoms with E-state index in [1.54, 1.807) is 11.8 Å².